The van der Waals surface area contributed by atoms with Crippen molar-refractivity contribution < 1.29 is 19.1 Å². The van der Waals surface area contributed by atoms with E-state index in [1.807, 2.05) is 12.1 Å². The second-order valence-corrected chi connectivity index (χ2v) is 7.89. The summed E-state index contributed by atoms with van der Waals surface area (Å²) < 4.78 is 11.5. The molecule has 1 aromatic heterocycles. The number of halogens is 1. The summed E-state index contributed by atoms with van der Waals surface area (Å²) in [5.41, 5.74) is 1.97. The van der Waals surface area contributed by atoms with Gasteiger partial charge in [0.2, 0.25) is 11.8 Å². The number of hydrogen-bond acceptors (Lipinski definition) is 7. The Bertz CT molecular complexity index is 1020. The minimum Gasteiger partial charge on any atom is -0.477 e. The standard InChI is InChI=1S/C22H25ClN4O4/c1-22(2)9-10-30-20(26-22)15-11-17(23)21(25-12-15)31-13-14-7-5-6-8-16(14)18(27-29-4)19(28)24-3/h5-8,11-12H,9-10,13H2,1-4H3,(H,24,28)/b27-18+. The van der Waals surface area contributed by atoms with Crippen LogP contribution in [0.5, 0.6) is 5.88 Å². The zero-order valence-electron chi connectivity index (χ0n) is 17.9. The molecule has 0 atom stereocenters. The summed E-state index contributed by atoms with van der Waals surface area (Å²) in [6, 6.07) is 8.97. The highest BCUT2D eigenvalue weighted by Crippen LogP contribution is 2.27. The van der Waals surface area contributed by atoms with Crippen LogP contribution in [-0.2, 0) is 21.0 Å². The highest BCUT2D eigenvalue weighted by molar-refractivity contribution is 6.45. The number of nitrogens with one attached hydrogen (secondary N) is 1. The largest absolute Gasteiger partial charge is 0.477 e. The number of rotatable bonds is 7. The van der Waals surface area contributed by atoms with Crippen LogP contribution in [0.1, 0.15) is 37.0 Å². The summed E-state index contributed by atoms with van der Waals surface area (Å²) in [6.45, 7) is 4.83. The fourth-order valence-electron chi connectivity index (χ4n) is 3.00. The van der Waals surface area contributed by atoms with Crippen LogP contribution in [0.4, 0.5) is 0 Å². The number of likely N-dealkylation sites (N-methyl/N-ethyl adjacent to an activating group) is 1. The van der Waals surface area contributed by atoms with Gasteiger partial charge in [-0.3, -0.25) is 4.79 Å². The first-order valence-corrected chi connectivity index (χ1v) is 10.2. The van der Waals surface area contributed by atoms with Gasteiger partial charge < -0.3 is 19.6 Å². The third-order valence-corrected chi connectivity index (χ3v) is 4.94. The number of aliphatic imine (C=N–C) groups is 1. The van der Waals surface area contributed by atoms with E-state index in [4.69, 9.17) is 25.9 Å². The van der Waals surface area contributed by atoms with Gasteiger partial charge in [-0.25, -0.2) is 9.98 Å². The molecule has 3 rings (SSSR count). The molecule has 0 saturated carbocycles. The maximum Gasteiger partial charge on any atom is 0.273 e. The van der Waals surface area contributed by atoms with Gasteiger partial charge in [0.05, 0.1) is 17.7 Å². The minimum absolute atomic E-state index is 0.131. The monoisotopic (exact) mass is 444 g/mol. The van der Waals surface area contributed by atoms with Crippen LogP contribution >= 0.6 is 11.6 Å². The van der Waals surface area contributed by atoms with Gasteiger partial charge >= 0.3 is 0 Å². The fraction of sp³-hybridized carbons (Fsp3) is 0.364. The van der Waals surface area contributed by atoms with Gasteiger partial charge in [0, 0.05) is 25.2 Å². The Morgan fingerprint density at radius 1 is 1.35 bits per heavy atom. The quantitative estimate of drug-likeness (QED) is 0.522. The van der Waals surface area contributed by atoms with Gasteiger partial charge in [-0.1, -0.05) is 41.0 Å². The van der Waals surface area contributed by atoms with Crippen molar-refractivity contribution in [2.45, 2.75) is 32.4 Å². The van der Waals surface area contributed by atoms with Crippen molar-refractivity contribution in [1.29, 1.82) is 0 Å². The Balaban J connectivity index is 1.81. The lowest BCUT2D eigenvalue weighted by molar-refractivity contribution is -0.114. The molecule has 0 fully saturated rings. The first kappa shape index (κ1) is 22.6. The van der Waals surface area contributed by atoms with Gasteiger partial charge in [0.25, 0.3) is 5.91 Å². The van der Waals surface area contributed by atoms with Crippen molar-refractivity contribution >= 4 is 29.1 Å². The van der Waals surface area contributed by atoms with Crippen molar-refractivity contribution in [3.05, 3.63) is 58.2 Å². The molecule has 2 aromatic rings. The van der Waals surface area contributed by atoms with E-state index in [0.717, 1.165) is 12.0 Å². The first-order valence-electron chi connectivity index (χ1n) is 9.77. The number of amides is 1. The number of benzene rings is 1. The molecule has 2 heterocycles. The zero-order chi connectivity index (χ0) is 22.4. The smallest absolute Gasteiger partial charge is 0.273 e. The minimum atomic E-state index is -0.369. The van der Waals surface area contributed by atoms with E-state index >= 15 is 0 Å². The van der Waals surface area contributed by atoms with E-state index in [9.17, 15) is 4.79 Å². The molecule has 0 unspecified atom stereocenters. The van der Waals surface area contributed by atoms with E-state index in [0.29, 0.717) is 28.7 Å². The number of carbonyl (C=O) groups is 1. The average Bonchev–Trinajstić information content (AvgIpc) is 2.75. The van der Waals surface area contributed by atoms with Crippen molar-refractivity contribution in [3.8, 4) is 5.88 Å². The molecule has 1 aliphatic heterocycles. The van der Waals surface area contributed by atoms with Crippen molar-refractivity contribution in [1.82, 2.24) is 10.3 Å². The van der Waals surface area contributed by atoms with E-state index in [1.165, 1.54) is 14.2 Å². The molecular formula is C22H25ClN4O4. The molecule has 1 amide bonds. The van der Waals surface area contributed by atoms with Crippen LogP contribution in [-0.4, -0.2) is 48.8 Å². The third kappa shape index (κ3) is 5.52. The molecule has 1 aromatic carbocycles. The lowest BCUT2D eigenvalue weighted by Gasteiger charge is -2.26. The number of oxime groups is 1. The van der Waals surface area contributed by atoms with Crippen LogP contribution in [0.3, 0.4) is 0 Å². The topological polar surface area (TPSA) is 94.4 Å². The molecule has 0 radical (unpaired) electrons. The number of ether oxygens (including phenoxy) is 2. The molecule has 9 heteroatoms. The van der Waals surface area contributed by atoms with Gasteiger partial charge in [0.15, 0.2) is 5.71 Å². The molecule has 8 nitrogen and oxygen atoms in total. The lowest BCUT2D eigenvalue weighted by Crippen LogP contribution is -2.29. The van der Waals surface area contributed by atoms with Gasteiger partial charge in [-0.05, 0) is 25.5 Å². The third-order valence-electron chi connectivity index (χ3n) is 4.67. The van der Waals surface area contributed by atoms with Crippen LogP contribution < -0.4 is 10.1 Å². The fourth-order valence-corrected chi connectivity index (χ4v) is 3.22. The normalized spacial score (nSPS) is 15.5. The van der Waals surface area contributed by atoms with E-state index in [1.54, 1.807) is 24.4 Å². The number of carbonyl (C=O) groups excluding carboxylic acids is 1. The highest BCUT2D eigenvalue weighted by Gasteiger charge is 2.24. The maximum absolute atomic E-state index is 12.2. The Hall–Kier alpha value is -3.13. The van der Waals surface area contributed by atoms with Crippen molar-refractivity contribution in [2.75, 3.05) is 20.8 Å². The van der Waals surface area contributed by atoms with Crippen LogP contribution in [0.2, 0.25) is 5.02 Å². The van der Waals surface area contributed by atoms with Gasteiger partial charge in [0.1, 0.15) is 18.7 Å². The highest BCUT2D eigenvalue weighted by atomic mass is 35.5. The molecule has 164 valence electrons. The van der Waals surface area contributed by atoms with Gasteiger partial charge in [-0.2, -0.15) is 0 Å². The zero-order valence-corrected chi connectivity index (χ0v) is 18.7. The van der Waals surface area contributed by atoms with E-state index in [2.05, 4.69) is 34.3 Å². The van der Waals surface area contributed by atoms with E-state index < -0.39 is 0 Å². The number of pyridine rings is 1. The number of hydrogen-bond donors (Lipinski definition) is 1. The second kappa shape index (κ2) is 9.78. The molecule has 0 aliphatic carbocycles. The number of nitrogens with zero attached hydrogens (tertiary/aromatic N) is 3. The Labute approximate surface area is 186 Å². The van der Waals surface area contributed by atoms with E-state index in [-0.39, 0.29) is 29.6 Å². The lowest BCUT2D eigenvalue weighted by atomic mass is 10.0. The van der Waals surface area contributed by atoms with Crippen molar-refractivity contribution in [2.24, 2.45) is 10.1 Å². The van der Waals surface area contributed by atoms with Crippen LogP contribution in [0, 0.1) is 0 Å². The second-order valence-electron chi connectivity index (χ2n) is 7.49. The molecule has 1 aliphatic rings. The first-order chi connectivity index (χ1) is 14.8. The summed E-state index contributed by atoms with van der Waals surface area (Å²) in [6.07, 6.45) is 2.47. The summed E-state index contributed by atoms with van der Waals surface area (Å²) in [7, 11) is 2.91. The van der Waals surface area contributed by atoms with Crippen LogP contribution in [0.15, 0.2) is 46.7 Å². The summed E-state index contributed by atoms with van der Waals surface area (Å²) in [5.74, 6) is 0.417. The Morgan fingerprint density at radius 2 is 2.13 bits per heavy atom. The summed E-state index contributed by atoms with van der Waals surface area (Å²) in [4.78, 5) is 26.0. The average molecular weight is 445 g/mol. The van der Waals surface area contributed by atoms with Crippen molar-refractivity contribution in [3.63, 3.8) is 0 Å². The Morgan fingerprint density at radius 3 is 2.81 bits per heavy atom. The molecule has 0 spiro atoms. The summed E-state index contributed by atoms with van der Waals surface area (Å²) in [5, 5.41) is 6.74. The Kier molecular flexibility index (Phi) is 7.12. The maximum atomic E-state index is 12.2. The number of aromatic nitrogens is 1. The molecule has 0 saturated heterocycles. The predicted molar refractivity (Wildman–Crippen MR) is 119 cm³/mol. The molecule has 0 bridgehead atoms. The molecule has 1 N–H and O–H groups in total. The van der Waals surface area contributed by atoms with Crippen LogP contribution in [0.25, 0.3) is 0 Å². The molecule has 31 heavy (non-hydrogen) atoms. The van der Waals surface area contributed by atoms with Gasteiger partial charge in [-0.15, -0.1) is 0 Å². The predicted octanol–water partition coefficient (Wildman–Crippen LogP) is 3.36. The summed E-state index contributed by atoms with van der Waals surface area (Å²) >= 11 is 6.40. The molecular weight excluding hydrogens is 420 g/mol. The SMILES string of the molecule is CNC(=O)/C(=N/OC)c1ccccc1COc1ncc(C2=NC(C)(C)CCO2)cc1Cl.